The predicted molar refractivity (Wildman–Crippen MR) is 240 cm³/mol. The molecule has 0 amide bonds. The van der Waals surface area contributed by atoms with Crippen LogP contribution in [0.3, 0.4) is 0 Å². The fourth-order valence-corrected chi connectivity index (χ4v) is 8.36. The third-order valence-electron chi connectivity index (χ3n) is 11.2. The van der Waals surface area contributed by atoms with Crippen LogP contribution in [0.4, 0.5) is 17.1 Å². The monoisotopic (exact) mass is 728 g/mol. The number of H-pyrrole nitrogens is 1. The molecular weight excluding hydrogens is 693 g/mol. The van der Waals surface area contributed by atoms with E-state index in [-0.39, 0.29) is 0 Å². The summed E-state index contributed by atoms with van der Waals surface area (Å²) >= 11 is 0. The number of aromatic nitrogens is 1. The smallest absolute Gasteiger partial charge is 0.137 e. The maximum Gasteiger partial charge on any atom is 0.137 e. The molecule has 0 aliphatic carbocycles. The zero-order chi connectivity index (χ0) is 37.7. The van der Waals surface area contributed by atoms with Crippen molar-refractivity contribution in [2.24, 2.45) is 0 Å². The molecule has 1 N–H and O–H groups in total. The predicted octanol–water partition coefficient (Wildman–Crippen LogP) is 15.4. The van der Waals surface area contributed by atoms with Gasteiger partial charge in [-0.3, -0.25) is 0 Å². The Morgan fingerprint density at radius 3 is 1.47 bits per heavy atom. The molecule has 11 aromatic rings. The molecule has 0 bridgehead atoms. The highest BCUT2D eigenvalue weighted by Gasteiger charge is 2.18. The molecule has 0 saturated carbocycles. The molecule has 0 fully saturated rings. The van der Waals surface area contributed by atoms with Crippen LogP contribution in [-0.4, -0.2) is 4.98 Å². The van der Waals surface area contributed by atoms with Crippen LogP contribution >= 0.6 is 0 Å². The van der Waals surface area contributed by atoms with Crippen molar-refractivity contribution in [3.8, 4) is 44.5 Å². The maximum atomic E-state index is 6.61. The first-order chi connectivity index (χ1) is 28.2. The van der Waals surface area contributed by atoms with E-state index in [1.54, 1.807) is 0 Å². The first-order valence-corrected chi connectivity index (χ1v) is 19.4. The molecule has 11 rings (SSSR count). The summed E-state index contributed by atoms with van der Waals surface area (Å²) in [4.78, 5) is 6.03. The van der Waals surface area contributed by atoms with E-state index in [1.165, 1.54) is 44.2 Å². The van der Waals surface area contributed by atoms with E-state index in [0.717, 1.165) is 61.2 Å². The topological polar surface area (TPSA) is 32.2 Å². The highest BCUT2D eigenvalue weighted by Crippen LogP contribution is 2.42. The minimum atomic E-state index is 0.857. The lowest BCUT2D eigenvalue weighted by atomic mass is 9.95. The Bertz CT molecular complexity index is 3200. The second kappa shape index (κ2) is 13.6. The molecule has 2 heterocycles. The van der Waals surface area contributed by atoms with Gasteiger partial charge in [-0.2, -0.15) is 0 Å². The Kier molecular flexibility index (Phi) is 7.82. The van der Waals surface area contributed by atoms with Gasteiger partial charge in [-0.1, -0.05) is 140 Å². The molecule has 0 unspecified atom stereocenters. The molecule has 0 atom stereocenters. The Labute approximate surface area is 330 Å². The van der Waals surface area contributed by atoms with Gasteiger partial charge in [-0.05, 0) is 106 Å². The number of nitrogens with one attached hydrogen (secondary N) is 1. The van der Waals surface area contributed by atoms with Crippen LogP contribution < -0.4 is 4.90 Å². The fourth-order valence-electron chi connectivity index (χ4n) is 8.36. The lowest BCUT2D eigenvalue weighted by Crippen LogP contribution is -2.09. The Hall–Kier alpha value is -7.62. The molecule has 57 heavy (non-hydrogen) atoms. The van der Waals surface area contributed by atoms with Gasteiger partial charge in [0.15, 0.2) is 0 Å². The van der Waals surface area contributed by atoms with Gasteiger partial charge in [0.25, 0.3) is 0 Å². The highest BCUT2D eigenvalue weighted by molar-refractivity contribution is 6.13. The lowest BCUT2D eigenvalue weighted by molar-refractivity contribution is 0.669. The van der Waals surface area contributed by atoms with Gasteiger partial charge in [0, 0.05) is 55.8 Å². The molecule has 3 nitrogen and oxygen atoms in total. The first kappa shape index (κ1) is 32.8. The van der Waals surface area contributed by atoms with Crippen molar-refractivity contribution in [2.45, 2.75) is 0 Å². The van der Waals surface area contributed by atoms with Crippen molar-refractivity contribution in [3.05, 3.63) is 212 Å². The maximum absolute atomic E-state index is 6.61. The number of furan rings is 1. The molecule has 0 saturated heterocycles. The second-order valence-electron chi connectivity index (χ2n) is 14.6. The van der Waals surface area contributed by atoms with Gasteiger partial charge in [-0.15, -0.1) is 0 Å². The second-order valence-corrected chi connectivity index (χ2v) is 14.6. The van der Waals surface area contributed by atoms with Gasteiger partial charge < -0.3 is 14.3 Å². The molecule has 0 aliphatic heterocycles. The van der Waals surface area contributed by atoms with Crippen molar-refractivity contribution in [1.29, 1.82) is 0 Å². The molecule has 3 heteroatoms. The van der Waals surface area contributed by atoms with Crippen LogP contribution in [0.5, 0.6) is 0 Å². The summed E-state index contributed by atoms with van der Waals surface area (Å²) in [5.41, 5.74) is 16.6. The van der Waals surface area contributed by atoms with E-state index in [4.69, 9.17) is 4.42 Å². The van der Waals surface area contributed by atoms with Crippen molar-refractivity contribution < 1.29 is 4.42 Å². The third-order valence-corrected chi connectivity index (χ3v) is 11.2. The van der Waals surface area contributed by atoms with E-state index in [1.807, 2.05) is 6.07 Å². The molecule has 0 radical (unpaired) electrons. The van der Waals surface area contributed by atoms with Gasteiger partial charge in [-0.25, -0.2) is 0 Å². The molecule has 268 valence electrons. The molecule has 2 aromatic heterocycles. The largest absolute Gasteiger partial charge is 0.456 e. The van der Waals surface area contributed by atoms with Crippen molar-refractivity contribution in [2.75, 3.05) is 4.90 Å². The summed E-state index contributed by atoms with van der Waals surface area (Å²) in [5, 5.41) is 4.66. The average molecular weight is 729 g/mol. The van der Waals surface area contributed by atoms with Crippen molar-refractivity contribution in [1.82, 2.24) is 4.98 Å². The summed E-state index contributed by atoms with van der Waals surface area (Å²) < 4.78 is 6.61. The molecule has 9 aromatic carbocycles. The standard InChI is InChI=1S/C54H36N2O/c1-4-12-36(13-5-1)38-20-25-43(26-21-38)56(45-29-31-48-47-30-24-41(37-14-6-2-7-15-37)34-52(47)57-53(48)35-45)44-27-22-39(23-28-44)42-32-49(40-16-8-3-9-17-40)54-50(33-42)46-18-10-11-19-51(46)55-54/h1-35,55H. The number of hydrogen-bond donors (Lipinski definition) is 1. The van der Waals surface area contributed by atoms with Crippen LogP contribution in [0.2, 0.25) is 0 Å². The van der Waals surface area contributed by atoms with E-state index in [2.05, 4.69) is 216 Å². The Morgan fingerprint density at radius 1 is 0.316 bits per heavy atom. The molecule has 0 aliphatic rings. The number of aromatic amines is 1. The first-order valence-electron chi connectivity index (χ1n) is 19.4. The molecular formula is C54H36N2O. The SMILES string of the molecule is c1ccc(-c2ccc(N(c3ccc(-c4cc(-c5ccccc5)c5[nH]c6ccccc6c5c4)cc3)c3ccc4c(c3)oc3cc(-c5ccccc5)ccc34)cc2)cc1. The van der Waals surface area contributed by atoms with E-state index in [0.29, 0.717) is 0 Å². The normalized spacial score (nSPS) is 11.5. The quantitative estimate of drug-likeness (QED) is 0.177. The Morgan fingerprint density at radius 2 is 0.807 bits per heavy atom. The van der Waals surface area contributed by atoms with Crippen LogP contribution in [-0.2, 0) is 0 Å². The number of para-hydroxylation sites is 1. The summed E-state index contributed by atoms with van der Waals surface area (Å²) in [5.74, 6) is 0. The van der Waals surface area contributed by atoms with E-state index < -0.39 is 0 Å². The van der Waals surface area contributed by atoms with Crippen LogP contribution in [0.15, 0.2) is 217 Å². The summed E-state index contributed by atoms with van der Waals surface area (Å²) in [6.45, 7) is 0. The lowest BCUT2D eigenvalue weighted by Gasteiger charge is -2.26. The highest BCUT2D eigenvalue weighted by atomic mass is 16.3. The van der Waals surface area contributed by atoms with Gasteiger partial charge >= 0.3 is 0 Å². The summed E-state index contributed by atoms with van der Waals surface area (Å²) in [7, 11) is 0. The van der Waals surface area contributed by atoms with Gasteiger partial charge in [0.05, 0.1) is 5.52 Å². The number of anilines is 3. The van der Waals surface area contributed by atoms with Crippen LogP contribution in [0.25, 0.3) is 88.3 Å². The fraction of sp³-hybridized carbons (Fsp3) is 0. The number of nitrogens with zero attached hydrogens (tertiary/aromatic N) is 1. The Balaban J connectivity index is 1.02. The van der Waals surface area contributed by atoms with Crippen molar-refractivity contribution in [3.63, 3.8) is 0 Å². The summed E-state index contributed by atoms with van der Waals surface area (Å²) in [6.07, 6.45) is 0. The number of benzene rings is 9. The zero-order valence-corrected chi connectivity index (χ0v) is 31.1. The van der Waals surface area contributed by atoms with Crippen LogP contribution in [0.1, 0.15) is 0 Å². The number of hydrogen-bond acceptors (Lipinski definition) is 2. The number of fused-ring (bicyclic) bond motifs is 6. The average Bonchev–Trinajstić information content (AvgIpc) is 3.85. The van der Waals surface area contributed by atoms with E-state index in [9.17, 15) is 0 Å². The number of rotatable bonds is 7. The van der Waals surface area contributed by atoms with Gasteiger partial charge in [0.1, 0.15) is 11.2 Å². The summed E-state index contributed by atoms with van der Waals surface area (Å²) in [6, 6.07) is 75.8. The molecule has 0 spiro atoms. The van der Waals surface area contributed by atoms with Crippen molar-refractivity contribution >= 4 is 60.8 Å². The van der Waals surface area contributed by atoms with E-state index >= 15 is 0 Å². The third kappa shape index (κ3) is 5.85. The minimum Gasteiger partial charge on any atom is -0.456 e. The van der Waals surface area contributed by atoms with Crippen LogP contribution in [0, 0.1) is 0 Å². The minimum absolute atomic E-state index is 0.857. The zero-order valence-electron chi connectivity index (χ0n) is 31.1. The van der Waals surface area contributed by atoms with Gasteiger partial charge in [0.2, 0.25) is 0 Å².